The number of rotatable bonds is 3. The Morgan fingerprint density at radius 1 is 1.47 bits per heavy atom. The van der Waals surface area contributed by atoms with E-state index in [9.17, 15) is 13.2 Å². The Hall–Kier alpha value is -1.22. The predicted octanol–water partition coefficient (Wildman–Crippen LogP) is 3.32. The second-order valence-electron chi connectivity index (χ2n) is 3.55. The van der Waals surface area contributed by atoms with Gasteiger partial charge in [-0.1, -0.05) is 22.0 Å². The minimum absolute atomic E-state index is 0.210. The maximum Gasteiger partial charge on any atom is 0.402 e. The maximum atomic E-state index is 12.3. The van der Waals surface area contributed by atoms with Gasteiger partial charge in [0.05, 0.1) is 11.6 Å². The van der Waals surface area contributed by atoms with Gasteiger partial charge in [0, 0.05) is 19.3 Å². The summed E-state index contributed by atoms with van der Waals surface area (Å²) in [5, 5.41) is 8.70. The lowest BCUT2D eigenvalue weighted by molar-refractivity contribution is -0.125. The molecule has 2 nitrogen and oxygen atoms in total. The molecule has 0 radical (unpaired) electrons. The van der Waals surface area contributed by atoms with E-state index in [0.717, 1.165) is 0 Å². The molecule has 1 atom stereocenters. The molecule has 0 aromatic heterocycles. The van der Waals surface area contributed by atoms with Crippen molar-refractivity contribution in [1.82, 2.24) is 0 Å². The van der Waals surface area contributed by atoms with Gasteiger partial charge in [0.15, 0.2) is 0 Å². The summed E-state index contributed by atoms with van der Waals surface area (Å²) in [6, 6.07) is 8.40. The third-order valence-corrected chi connectivity index (χ3v) is 3.01. The van der Waals surface area contributed by atoms with Gasteiger partial charge in [0.25, 0.3) is 0 Å². The molecular weight excluding hydrogens is 297 g/mol. The van der Waals surface area contributed by atoms with Gasteiger partial charge >= 0.3 is 6.18 Å². The average molecular weight is 307 g/mol. The number of nitriles is 1. The van der Waals surface area contributed by atoms with Crippen LogP contribution in [0.15, 0.2) is 24.3 Å². The fraction of sp³-hybridized carbons (Fsp3) is 0.364. The van der Waals surface area contributed by atoms with Gasteiger partial charge in [-0.2, -0.15) is 18.4 Å². The van der Waals surface area contributed by atoms with Crippen LogP contribution in [0.25, 0.3) is 0 Å². The molecule has 1 unspecified atom stereocenters. The van der Waals surface area contributed by atoms with Gasteiger partial charge in [-0.15, -0.1) is 0 Å². The number of hydrogen-bond acceptors (Lipinski definition) is 2. The van der Waals surface area contributed by atoms with E-state index >= 15 is 0 Å². The van der Waals surface area contributed by atoms with Crippen LogP contribution in [-0.2, 0) is 0 Å². The van der Waals surface area contributed by atoms with Crippen LogP contribution in [-0.4, -0.2) is 24.6 Å². The first-order chi connectivity index (χ1) is 7.84. The van der Waals surface area contributed by atoms with Gasteiger partial charge in [0.1, 0.15) is 4.83 Å². The van der Waals surface area contributed by atoms with Crippen LogP contribution in [0, 0.1) is 11.3 Å². The third-order valence-electron chi connectivity index (χ3n) is 2.21. The molecule has 1 aromatic rings. The minimum Gasteiger partial charge on any atom is -0.373 e. The highest BCUT2D eigenvalue weighted by molar-refractivity contribution is 9.09. The molecule has 17 heavy (non-hydrogen) atoms. The number of alkyl halides is 4. The van der Waals surface area contributed by atoms with Crippen molar-refractivity contribution in [3.8, 4) is 6.07 Å². The number of nitrogens with zero attached hydrogens (tertiary/aromatic N) is 2. The van der Waals surface area contributed by atoms with Crippen LogP contribution in [0.5, 0.6) is 0 Å². The number of halogens is 4. The topological polar surface area (TPSA) is 27.0 Å². The van der Waals surface area contributed by atoms with E-state index in [1.165, 1.54) is 4.90 Å². The van der Waals surface area contributed by atoms with Crippen LogP contribution in [0.1, 0.15) is 5.56 Å². The van der Waals surface area contributed by atoms with E-state index in [1.807, 2.05) is 6.07 Å². The van der Waals surface area contributed by atoms with Crippen molar-refractivity contribution < 1.29 is 13.2 Å². The zero-order valence-corrected chi connectivity index (χ0v) is 10.6. The Morgan fingerprint density at radius 3 is 2.65 bits per heavy atom. The van der Waals surface area contributed by atoms with E-state index in [-0.39, 0.29) is 6.54 Å². The average Bonchev–Trinajstić information content (AvgIpc) is 2.27. The van der Waals surface area contributed by atoms with Crippen molar-refractivity contribution in [2.75, 3.05) is 18.5 Å². The van der Waals surface area contributed by atoms with Gasteiger partial charge < -0.3 is 4.90 Å². The Balaban J connectivity index is 2.77. The van der Waals surface area contributed by atoms with Crippen LogP contribution in [0.3, 0.4) is 0 Å². The molecule has 0 bridgehead atoms. The van der Waals surface area contributed by atoms with Crippen molar-refractivity contribution in [2.45, 2.75) is 11.0 Å². The molecule has 0 spiro atoms. The fourth-order valence-electron chi connectivity index (χ4n) is 1.26. The monoisotopic (exact) mass is 306 g/mol. The highest BCUT2D eigenvalue weighted by Crippen LogP contribution is 2.28. The van der Waals surface area contributed by atoms with Crippen LogP contribution < -0.4 is 4.90 Å². The standard InChI is InChI=1S/C11H10BrF3N2/c1-17(7-10(12)11(13,14)15)9-4-2-3-8(5-9)6-16/h2-5,10H,7H2,1H3. The van der Waals surface area contributed by atoms with Crippen molar-refractivity contribution in [1.29, 1.82) is 5.26 Å². The van der Waals surface area contributed by atoms with E-state index in [1.54, 1.807) is 31.3 Å². The first-order valence-corrected chi connectivity index (χ1v) is 5.68. The second-order valence-corrected chi connectivity index (χ2v) is 4.66. The Kier molecular flexibility index (Phi) is 4.40. The minimum atomic E-state index is -4.28. The molecule has 0 amide bonds. The highest BCUT2D eigenvalue weighted by atomic mass is 79.9. The van der Waals surface area contributed by atoms with Gasteiger partial charge in [-0.05, 0) is 18.2 Å². The molecule has 6 heteroatoms. The lowest BCUT2D eigenvalue weighted by atomic mass is 10.2. The fourth-order valence-corrected chi connectivity index (χ4v) is 1.70. The molecule has 0 heterocycles. The Bertz CT molecular complexity index is 425. The zero-order valence-electron chi connectivity index (χ0n) is 9.00. The first kappa shape index (κ1) is 13.8. The molecule has 92 valence electrons. The van der Waals surface area contributed by atoms with Crippen molar-refractivity contribution in [2.24, 2.45) is 0 Å². The highest BCUT2D eigenvalue weighted by Gasteiger charge is 2.38. The molecule has 0 aliphatic heterocycles. The summed E-state index contributed by atoms with van der Waals surface area (Å²) in [6.45, 7) is -0.210. The summed E-state index contributed by atoms with van der Waals surface area (Å²) < 4.78 is 37.0. The quantitative estimate of drug-likeness (QED) is 0.801. The van der Waals surface area contributed by atoms with E-state index < -0.39 is 11.0 Å². The van der Waals surface area contributed by atoms with E-state index in [4.69, 9.17) is 5.26 Å². The zero-order chi connectivity index (χ0) is 13.1. The lowest BCUT2D eigenvalue weighted by Gasteiger charge is -2.24. The smallest absolute Gasteiger partial charge is 0.373 e. The normalized spacial score (nSPS) is 12.9. The van der Waals surface area contributed by atoms with Crippen molar-refractivity contribution in [3.05, 3.63) is 29.8 Å². The Morgan fingerprint density at radius 2 is 2.12 bits per heavy atom. The largest absolute Gasteiger partial charge is 0.402 e. The van der Waals surface area contributed by atoms with E-state index in [2.05, 4.69) is 15.9 Å². The van der Waals surface area contributed by atoms with Crippen molar-refractivity contribution >= 4 is 21.6 Å². The van der Waals surface area contributed by atoms with Crippen LogP contribution in [0.4, 0.5) is 18.9 Å². The molecule has 1 rings (SSSR count). The van der Waals surface area contributed by atoms with Crippen molar-refractivity contribution in [3.63, 3.8) is 0 Å². The first-order valence-electron chi connectivity index (χ1n) is 4.76. The Labute approximate surface area is 106 Å². The molecule has 1 aromatic carbocycles. The third kappa shape index (κ3) is 3.93. The lowest BCUT2D eigenvalue weighted by Crippen LogP contribution is -2.35. The van der Waals surface area contributed by atoms with Gasteiger partial charge in [0.2, 0.25) is 0 Å². The molecule has 0 fully saturated rings. The van der Waals surface area contributed by atoms with Crippen LogP contribution in [0.2, 0.25) is 0 Å². The number of hydrogen-bond donors (Lipinski definition) is 0. The molecule has 0 saturated carbocycles. The van der Waals surface area contributed by atoms with Crippen LogP contribution >= 0.6 is 15.9 Å². The summed E-state index contributed by atoms with van der Waals surface area (Å²) in [7, 11) is 1.55. The summed E-state index contributed by atoms with van der Waals surface area (Å²) >= 11 is 2.60. The second kappa shape index (κ2) is 5.41. The molecule has 0 aliphatic rings. The van der Waals surface area contributed by atoms with Gasteiger partial charge in [-0.25, -0.2) is 0 Å². The molecule has 0 saturated heterocycles. The van der Waals surface area contributed by atoms with Gasteiger partial charge in [-0.3, -0.25) is 0 Å². The molecule has 0 aliphatic carbocycles. The predicted molar refractivity (Wildman–Crippen MR) is 63.2 cm³/mol. The summed E-state index contributed by atoms with van der Waals surface area (Å²) in [5.41, 5.74) is 1.00. The number of benzene rings is 1. The van der Waals surface area contributed by atoms with E-state index in [0.29, 0.717) is 11.3 Å². The maximum absolute atomic E-state index is 12.3. The summed E-state index contributed by atoms with van der Waals surface area (Å²) in [6.07, 6.45) is -4.28. The molecular formula is C11H10BrF3N2. The number of anilines is 1. The molecule has 0 N–H and O–H groups in total. The summed E-state index contributed by atoms with van der Waals surface area (Å²) in [5.74, 6) is 0. The SMILES string of the molecule is CN(CC(Br)C(F)(F)F)c1cccc(C#N)c1. The summed E-state index contributed by atoms with van der Waals surface area (Å²) in [4.78, 5) is -0.140.